The van der Waals surface area contributed by atoms with Gasteiger partial charge < -0.3 is 9.73 Å². The molecule has 0 spiro atoms. The number of halogens is 2. The van der Waals surface area contributed by atoms with Crippen molar-refractivity contribution in [3.05, 3.63) is 81.3 Å². The lowest BCUT2D eigenvalue weighted by Gasteiger charge is -2.08. The zero-order chi connectivity index (χ0) is 19.8. The Balaban J connectivity index is 1.65. The average molecular weight is 411 g/mol. The number of hydrogen-bond donors (Lipinski definition) is 1. The summed E-state index contributed by atoms with van der Waals surface area (Å²) in [6.45, 7) is 3.92. The number of anilines is 1. The van der Waals surface area contributed by atoms with Gasteiger partial charge in [0.2, 0.25) is 5.89 Å². The Bertz CT molecular complexity index is 1210. The first-order chi connectivity index (χ1) is 13.4. The molecule has 4 aromatic rings. The summed E-state index contributed by atoms with van der Waals surface area (Å²) < 4.78 is 5.80. The highest BCUT2D eigenvalue weighted by atomic mass is 35.5. The summed E-state index contributed by atoms with van der Waals surface area (Å²) in [5.41, 5.74) is 5.14. The Kier molecular flexibility index (Phi) is 4.84. The number of carbonyl (C=O) groups is 1. The van der Waals surface area contributed by atoms with Crippen molar-refractivity contribution >= 4 is 45.9 Å². The van der Waals surface area contributed by atoms with Crippen LogP contribution in [0.2, 0.25) is 10.0 Å². The number of fused-ring (bicyclic) bond motifs is 1. The van der Waals surface area contributed by atoms with E-state index in [0.717, 1.165) is 11.1 Å². The van der Waals surface area contributed by atoms with Crippen LogP contribution in [0, 0.1) is 13.8 Å². The fraction of sp³-hybridized carbons (Fsp3) is 0.0909. The number of carbonyl (C=O) groups excluding carboxylic acids is 1. The van der Waals surface area contributed by atoms with Gasteiger partial charge in [-0.3, -0.25) is 4.79 Å². The predicted molar refractivity (Wildman–Crippen MR) is 113 cm³/mol. The van der Waals surface area contributed by atoms with Gasteiger partial charge in [0, 0.05) is 16.3 Å². The highest BCUT2D eigenvalue weighted by Gasteiger charge is 2.14. The molecule has 0 bridgehead atoms. The molecule has 1 amide bonds. The standard InChI is InChI=1S/C22H16Cl2N2O2/c1-12-3-6-16(13(2)9-12)21(27)25-15-5-8-20-19(11-15)26-22(28-20)17-10-14(23)4-7-18(17)24/h3-11H,1-2H3,(H,25,27). The second-order valence-electron chi connectivity index (χ2n) is 6.60. The predicted octanol–water partition coefficient (Wildman–Crippen LogP) is 6.67. The largest absolute Gasteiger partial charge is 0.436 e. The molecule has 3 aromatic carbocycles. The van der Waals surface area contributed by atoms with Crippen LogP contribution >= 0.6 is 23.2 Å². The van der Waals surface area contributed by atoms with Gasteiger partial charge >= 0.3 is 0 Å². The molecule has 4 rings (SSSR count). The number of nitrogens with zero attached hydrogens (tertiary/aromatic N) is 1. The van der Waals surface area contributed by atoms with E-state index in [0.29, 0.717) is 43.9 Å². The SMILES string of the molecule is Cc1ccc(C(=O)Nc2ccc3oc(-c4cc(Cl)ccc4Cl)nc3c2)c(C)c1. The van der Waals surface area contributed by atoms with Crippen molar-refractivity contribution in [2.45, 2.75) is 13.8 Å². The van der Waals surface area contributed by atoms with Crippen LogP contribution in [0.15, 0.2) is 59.0 Å². The number of hydrogen-bond acceptors (Lipinski definition) is 3. The van der Waals surface area contributed by atoms with Crippen LogP contribution in [0.1, 0.15) is 21.5 Å². The quantitative estimate of drug-likeness (QED) is 0.410. The molecule has 0 aliphatic carbocycles. The second kappa shape index (κ2) is 7.30. The molecule has 1 heterocycles. The molecule has 0 saturated carbocycles. The molecule has 6 heteroatoms. The van der Waals surface area contributed by atoms with E-state index in [1.807, 2.05) is 32.0 Å². The summed E-state index contributed by atoms with van der Waals surface area (Å²) >= 11 is 12.3. The minimum Gasteiger partial charge on any atom is -0.436 e. The maximum atomic E-state index is 12.6. The van der Waals surface area contributed by atoms with E-state index in [2.05, 4.69) is 10.3 Å². The van der Waals surface area contributed by atoms with E-state index in [1.165, 1.54) is 0 Å². The van der Waals surface area contributed by atoms with Crippen LogP contribution in [0.3, 0.4) is 0 Å². The topological polar surface area (TPSA) is 55.1 Å². The fourth-order valence-electron chi connectivity index (χ4n) is 3.05. The van der Waals surface area contributed by atoms with Gasteiger partial charge in [-0.1, -0.05) is 40.9 Å². The van der Waals surface area contributed by atoms with Crippen molar-refractivity contribution in [1.82, 2.24) is 4.98 Å². The molecule has 0 fully saturated rings. The van der Waals surface area contributed by atoms with E-state index in [9.17, 15) is 4.79 Å². The third kappa shape index (κ3) is 3.61. The van der Waals surface area contributed by atoms with Crippen molar-refractivity contribution in [2.24, 2.45) is 0 Å². The average Bonchev–Trinajstić information content (AvgIpc) is 3.06. The molecule has 0 atom stereocenters. The van der Waals surface area contributed by atoms with Gasteiger partial charge in [-0.25, -0.2) is 4.98 Å². The zero-order valence-corrected chi connectivity index (χ0v) is 16.7. The second-order valence-corrected chi connectivity index (χ2v) is 7.44. The molecule has 28 heavy (non-hydrogen) atoms. The van der Waals surface area contributed by atoms with Gasteiger partial charge in [-0.15, -0.1) is 0 Å². The van der Waals surface area contributed by atoms with Crippen LogP contribution in [0.4, 0.5) is 5.69 Å². The number of benzene rings is 3. The molecule has 1 N–H and O–H groups in total. The van der Waals surface area contributed by atoms with Gasteiger partial charge in [-0.2, -0.15) is 0 Å². The maximum absolute atomic E-state index is 12.6. The molecule has 0 aliphatic heterocycles. The monoisotopic (exact) mass is 410 g/mol. The van der Waals surface area contributed by atoms with Crippen LogP contribution in [-0.4, -0.2) is 10.9 Å². The Labute approximate surface area is 172 Å². The normalized spacial score (nSPS) is 11.0. The number of amides is 1. The van der Waals surface area contributed by atoms with Crippen LogP contribution in [0.25, 0.3) is 22.6 Å². The summed E-state index contributed by atoms with van der Waals surface area (Å²) in [5.74, 6) is 0.207. The van der Waals surface area contributed by atoms with Crippen molar-refractivity contribution in [1.29, 1.82) is 0 Å². The van der Waals surface area contributed by atoms with Crippen molar-refractivity contribution in [2.75, 3.05) is 5.32 Å². The lowest BCUT2D eigenvalue weighted by Crippen LogP contribution is -2.13. The smallest absolute Gasteiger partial charge is 0.255 e. The Morgan fingerprint density at radius 2 is 1.82 bits per heavy atom. The summed E-state index contributed by atoms with van der Waals surface area (Å²) in [7, 11) is 0. The lowest BCUT2D eigenvalue weighted by atomic mass is 10.1. The highest BCUT2D eigenvalue weighted by Crippen LogP contribution is 2.32. The third-order valence-electron chi connectivity index (χ3n) is 4.43. The third-order valence-corrected chi connectivity index (χ3v) is 5.00. The number of oxazole rings is 1. The molecule has 4 nitrogen and oxygen atoms in total. The van der Waals surface area contributed by atoms with Crippen LogP contribution in [-0.2, 0) is 0 Å². The minimum atomic E-state index is -0.168. The van der Waals surface area contributed by atoms with Crippen LogP contribution in [0.5, 0.6) is 0 Å². The van der Waals surface area contributed by atoms with Crippen molar-refractivity contribution in [3.8, 4) is 11.5 Å². The van der Waals surface area contributed by atoms with Gasteiger partial charge in [-0.05, 0) is 61.9 Å². The molecule has 0 unspecified atom stereocenters. The number of nitrogens with one attached hydrogen (secondary N) is 1. The van der Waals surface area contributed by atoms with Gasteiger partial charge in [0.15, 0.2) is 5.58 Å². The van der Waals surface area contributed by atoms with Gasteiger partial charge in [0.1, 0.15) is 5.52 Å². The molecular formula is C22H16Cl2N2O2. The molecule has 0 saturated heterocycles. The Hall–Kier alpha value is -2.82. The first kappa shape index (κ1) is 18.5. The molecule has 140 valence electrons. The van der Waals surface area contributed by atoms with Crippen molar-refractivity contribution in [3.63, 3.8) is 0 Å². The number of aryl methyl sites for hydroxylation is 2. The van der Waals surface area contributed by atoms with E-state index in [4.69, 9.17) is 27.6 Å². The van der Waals surface area contributed by atoms with Gasteiger partial charge in [0.25, 0.3) is 5.91 Å². The van der Waals surface area contributed by atoms with Gasteiger partial charge in [0.05, 0.1) is 10.6 Å². The number of aromatic nitrogens is 1. The van der Waals surface area contributed by atoms with Crippen LogP contribution < -0.4 is 5.32 Å². The first-order valence-corrected chi connectivity index (χ1v) is 9.41. The molecule has 0 aliphatic rings. The number of rotatable bonds is 3. The van der Waals surface area contributed by atoms with E-state index in [-0.39, 0.29) is 5.91 Å². The summed E-state index contributed by atoms with van der Waals surface area (Å²) in [5, 5.41) is 3.96. The lowest BCUT2D eigenvalue weighted by molar-refractivity contribution is 0.102. The van der Waals surface area contributed by atoms with Crippen molar-refractivity contribution < 1.29 is 9.21 Å². The Morgan fingerprint density at radius 3 is 2.61 bits per heavy atom. The van der Waals surface area contributed by atoms with E-state index >= 15 is 0 Å². The zero-order valence-electron chi connectivity index (χ0n) is 15.2. The summed E-state index contributed by atoms with van der Waals surface area (Å²) in [6, 6.07) is 16.1. The minimum absolute atomic E-state index is 0.168. The molecule has 0 radical (unpaired) electrons. The maximum Gasteiger partial charge on any atom is 0.255 e. The van der Waals surface area contributed by atoms with E-state index in [1.54, 1.807) is 36.4 Å². The summed E-state index contributed by atoms with van der Waals surface area (Å²) in [4.78, 5) is 17.1. The highest BCUT2D eigenvalue weighted by molar-refractivity contribution is 6.35. The molecular weight excluding hydrogens is 395 g/mol. The van der Waals surface area contributed by atoms with E-state index < -0.39 is 0 Å². The first-order valence-electron chi connectivity index (χ1n) is 8.65. The fourth-order valence-corrected chi connectivity index (χ4v) is 3.42. The Morgan fingerprint density at radius 1 is 1.00 bits per heavy atom. The molecule has 1 aromatic heterocycles. The summed E-state index contributed by atoms with van der Waals surface area (Å²) in [6.07, 6.45) is 0.